The average Bonchev–Trinajstić information content (AvgIpc) is 2.49. The molecule has 2 rings (SSSR count). The Kier molecular flexibility index (Phi) is 2.67. The molecule has 1 aliphatic rings. The lowest BCUT2D eigenvalue weighted by molar-refractivity contribution is 0.316. The third-order valence-electron chi connectivity index (χ3n) is 2.59. The molecule has 1 aliphatic heterocycles. The molecule has 0 saturated carbocycles. The third-order valence-corrected chi connectivity index (χ3v) is 3.65. The Morgan fingerprint density at radius 3 is 3.23 bits per heavy atom. The number of nitrogens with one attached hydrogen (secondary N) is 1. The molecule has 0 spiro atoms. The van der Waals surface area contributed by atoms with Crippen molar-refractivity contribution < 1.29 is 0 Å². The van der Waals surface area contributed by atoms with E-state index in [0.717, 1.165) is 13.1 Å². The van der Waals surface area contributed by atoms with Gasteiger partial charge in [0.25, 0.3) is 0 Å². The van der Waals surface area contributed by atoms with E-state index in [9.17, 15) is 0 Å². The molecule has 0 bridgehead atoms. The van der Waals surface area contributed by atoms with Crippen LogP contribution in [0.1, 0.15) is 16.0 Å². The molecule has 2 heterocycles. The van der Waals surface area contributed by atoms with Crippen LogP contribution < -0.4 is 5.32 Å². The van der Waals surface area contributed by atoms with Crippen molar-refractivity contribution in [3.05, 3.63) is 21.4 Å². The fraction of sp³-hybridized carbons (Fsp3) is 0.600. The molecular formula is C10H16N2S. The van der Waals surface area contributed by atoms with Gasteiger partial charge in [-0.05, 0) is 37.0 Å². The number of hydrogen-bond donors (Lipinski definition) is 1. The highest BCUT2D eigenvalue weighted by atomic mass is 32.1. The van der Waals surface area contributed by atoms with Gasteiger partial charge < -0.3 is 10.2 Å². The minimum absolute atomic E-state index is 1.02. The standard InChI is InChI=1S/C10H16N2S/c1-11-5-8-7-13-10-6-12(2)4-3-9(8)10/h7,11H,3-6H2,1-2H3. The highest BCUT2D eigenvalue weighted by Crippen LogP contribution is 2.27. The second-order valence-electron chi connectivity index (χ2n) is 3.68. The molecule has 0 fully saturated rings. The van der Waals surface area contributed by atoms with E-state index in [-0.39, 0.29) is 0 Å². The molecule has 0 saturated heterocycles. The molecule has 0 aromatic carbocycles. The van der Waals surface area contributed by atoms with Crippen LogP contribution in [0, 0.1) is 0 Å². The zero-order chi connectivity index (χ0) is 9.26. The molecule has 1 aromatic rings. The van der Waals surface area contributed by atoms with Crippen LogP contribution in [0.5, 0.6) is 0 Å². The first-order valence-corrected chi connectivity index (χ1v) is 5.60. The van der Waals surface area contributed by atoms with Crippen molar-refractivity contribution in [3.8, 4) is 0 Å². The summed E-state index contributed by atoms with van der Waals surface area (Å²) in [5.41, 5.74) is 3.12. The number of thiophene rings is 1. The first-order chi connectivity index (χ1) is 6.31. The Morgan fingerprint density at radius 2 is 2.46 bits per heavy atom. The Hall–Kier alpha value is -0.380. The summed E-state index contributed by atoms with van der Waals surface area (Å²) in [5, 5.41) is 5.53. The van der Waals surface area contributed by atoms with Crippen LogP contribution in [0.3, 0.4) is 0 Å². The highest BCUT2D eigenvalue weighted by molar-refractivity contribution is 7.10. The fourth-order valence-electron chi connectivity index (χ4n) is 1.86. The van der Waals surface area contributed by atoms with Crippen LogP contribution in [0.15, 0.2) is 5.38 Å². The SMILES string of the molecule is CNCc1csc2c1CCN(C)C2. The van der Waals surface area contributed by atoms with Gasteiger partial charge in [0.1, 0.15) is 0 Å². The average molecular weight is 196 g/mol. The minimum atomic E-state index is 1.02. The molecule has 0 amide bonds. The lowest BCUT2D eigenvalue weighted by Gasteiger charge is -2.22. The summed E-state index contributed by atoms with van der Waals surface area (Å²) >= 11 is 1.91. The Bertz CT molecular complexity index is 280. The van der Waals surface area contributed by atoms with Crippen LogP contribution in [-0.2, 0) is 19.5 Å². The topological polar surface area (TPSA) is 15.3 Å². The molecule has 1 aromatic heterocycles. The minimum Gasteiger partial charge on any atom is -0.316 e. The second-order valence-corrected chi connectivity index (χ2v) is 4.64. The highest BCUT2D eigenvalue weighted by Gasteiger charge is 2.17. The molecule has 2 nitrogen and oxygen atoms in total. The molecule has 0 unspecified atom stereocenters. The zero-order valence-electron chi connectivity index (χ0n) is 8.26. The summed E-state index contributed by atoms with van der Waals surface area (Å²) in [5.74, 6) is 0. The quantitative estimate of drug-likeness (QED) is 0.770. The number of likely N-dealkylation sites (N-methyl/N-ethyl adjacent to an activating group) is 1. The summed E-state index contributed by atoms with van der Waals surface area (Å²) in [6.45, 7) is 3.37. The molecule has 0 radical (unpaired) electrons. The van der Waals surface area contributed by atoms with E-state index in [4.69, 9.17) is 0 Å². The maximum absolute atomic E-state index is 3.22. The molecule has 72 valence electrons. The van der Waals surface area contributed by atoms with Crippen molar-refractivity contribution in [3.63, 3.8) is 0 Å². The van der Waals surface area contributed by atoms with Gasteiger partial charge in [-0.1, -0.05) is 0 Å². The first-order valence-electron chi connectivity index (χ1n) is 4.72. The van der Waals surface area contributed by atoms with E-state index >= 15 is 0 Å². The van der Waals surface area contributed by atoms with E-state index < -0.39 is 0 Å². The first kappa shape index (κ1) is 9.19. The maximum atomic E-state index is 3.22. The maximum Gasteiger partial charge on any atom is 0.0327 e. The van der Waals surface area contributed by atoms with E-state index in [1.54, 1.807) is 10.4 Å². The van der Waals surface area contributed by atoms with Gasteiger partial charge in [0.15, 0.2) is 0 Å². The van der Waals surface area contributed by atoms with Crippen LogP contribution in [0.25, 0.3) is 0 Å². The van der Waals surface area contributed by atoms with Crippen LogP contribution in [-0.4, -0.2) is 25.5 Å². The van der Waals surface area contributed by atoms with E-state index in [1.165, 1.54) is 18.5 Å². The summed E-state index contributed by atoms with van der Waals surface area (Å²) in [6.07, 6.45) is 1.23. The molecule has 1 N–H and O–H groups in total. The lowest BCUT2D eigenvalue weighted by atomic mass is 10.0. The van der Waals surface area contributed by atoms with Crippen molar-refractivity contribution >= 4 is 11.3 Å². The molecule has 3 heteroatoms. The Balaban J connectivity index is 2.23. The van der Waals surface area contributed by atoms with Gasteiger partial charge in [-0.25, -0.2) is 0 Å². The number of rotatable bonds is 2. The molecular weight excluding hydrogens is 180 g/mol. The lowest BCUT2D eigenvalue weighted by Crippen LogP contribution is -2.26. The van der Waals surface area contributed by atoms with Gasteiger partial charge in [0, 0.05) is 24.5 Å². The number of hydrogen-bond acceptors (Lipinski definition) is 3. The monoisotopic (exact) mass is 196 g/mol. The zero-order valence-corrected chi connectivity index (χ0v) is 9.08. The summed E-state index contributed by atoms with van der Waals surface area (Å²) < 4.78 is 0. The van der Waals surface area contributed by atoms with Gasteiger partial charge in [0.05, 0.1) is 0 Å². The van der Waals surface area contributed by atoms with Gasteiger partial charge in [-0.2, -0.15) is 0 Å². The van der Waals surface area contributed by atoms with Gasteiger partial charge in [-0.3, -0.25) is 0 Å². The van der Waals surface area contributed by atoms with Crippen molar-refractivity contribution in [2.45, 2.75) is 19.5 Å². The van der Waals surface area contributed by atoms with E-state index in [2.05, 4.69) is 22.6 Å². The number of fused-ring (bicyclic) bond motifs is 1. The van der Waals surface area contributed by atoms with E-state index in [1.807, 2.05) is 18.4 Å². The van der Waals surface area contributed by atoms with Crippen molar-refractivity contribution in [2.75, 3.05) is 20.6 Å². The van der Waals surface area contributed by atoms with Crippen LogP contribution in [0.4, 0.5) is 0 Å². The predicted molar refractivity (Wildman–Crippen MR) is 57.1 cm³/mol. The molecule has 13 heavy (non-hydrogen) atoms. The van der Waals surface area contributed by atoms with Crippen molar-refractivity contribution in [1.29, 1.82) is 0 Å². The Morgan fingerprint density at radius 1 is 1.62 bits per heavy atom. The number of nitrogens with zero attached hydrogens (tertiary/aromatic N) is 1. The second kappa shape index (κ2) is 3.78. The van der Waals surface area contributed by atoms with Gasteiger partial charge >= 0.3 is 0 Å². The van der Waals surface area contributed by atoms with Crippen LogP contribution in [0.2, 0.25) is 0 Å². The van der Waals surface area contributed by atoms with Crippen molar-refractivity contribution in [1.82, 2.24) is 10.2 Å². The third kappa shape index (κ3) is 1.77. The van der Waals surface area contributed by atoms with Crippen molar-refractivity contribution in [2.24, 2.45) is 0 Å². The normalized spacial score (nSPS) is 17.4. The van der Waals surface area contributed by atoms with Gasteiger partial charge in [-0.15, -0.1) is 11.3 Å². The van der Waals surface area contributed by atoms with Crippen LogP contribution >= 0.6 is 11.3 Å². The molecule has 0 aliphatic carbocycles. The fourth-order valence-corrected chi connectivity index (χ4v) is 3.04. The smallest absolute Gasteiger partial charge is 0.0327 e. The summed E-state index contributed by atoms with van der Waals surface area (Å²) in [6, 6.07) is 0. The summed E-state index contributed by atoms with van der Waals surface area (Å²) in [7, 11) is 4.21. The summed E-state index contributed by atoms with van der Waals surface area (Å²) in [4.78, 5) is 3.96. The van der Waals surface area contributed by atoms with Gasteiger partial charge in [0.2, 0.25) is 0 Å². The Labute approximate surface area is 83.6 Å². The predicted octanol–water partition coefficient (Wildman–Crippen LogP) is 1.46. The van der Waals surface area contributed by atoms with E-state index in [0.29, 0.717) is 0 Å². The molecule has 0 atom stereocenters. The largest absolute Gasteiger partial charge is 0.316 e.